The molecule has 0 saturated heterocycles. The normalized spacial score (nSPS) is 10.8. The quantitative estimate of drug-likeness (QED) is 0.351. The predicted octanol–water partition coefficient (Wildman–Crippen LogP) is 6.43. The van der Waals surface area contributed by atoms with Crippen LogP contribution in [-0.4, -0.2) is 26.1 Å². The molecule has 3 rings (SSSR count). The minimum absolute atomic E-state index is 0.201. The zero-order chi connectivity index (χ0) is 23.6. The lowest BCUT2D eigenvalue weighted by Gasteiger charge is -2.21. The van der Waals surface area contributed by atoms with Crippen LogP contribution in [-0.2, 0) is 11.4 Å². The molecule has 172 valence electrons. The molecule has 0 aliphatic carbocycles. The van der Waals surface area contributed by atoms with Crippen LogP contribution in [0.3, 0.4) is 0 Å². The van der Waals surface area contributed by atoms with Gasteiger partial charge in [0, 0.05) is 35.6 Å². The maximum absolute atomic E-state index is 12.3. The summed E-state index contributed by atoms with van der Waals surface area (Å²) in [5.74, 6) is 1.02. The van der Waals surface area contributed by atoms with E-state index in [1.54, 1.807) is 13.2 Å². The van der Waals surface area contributed by atoms with Crippen molar-refractivity contribution in [2.24, 2.45) is 0 Å². The molecule has 0 radical (unpaired) electrons. The van der Waals surface area contributed by atoms with Crippen molar-refractivity contribution in [1.82, 2.24) is 0 Å². The minimum Gasteiger partial charge on any atom is -0.493 e. The van der Waals surface area contributed by atoms with Crippen molar-refractivity contribution in [3.63, 3.8) is 0 Å². The number of hydrogen-bond donors (Lipinski definition) is 1. The summed E-state index contributed by atoms with van der Waals surface area (Å²) in [7, 11) is 1.59. The van der Waals surface area contributed by atoms with E-state index in [0.29, 0.717) is 23.1 Å². The molecule has 0 aliphatic rings. The molecule has 1 amide bonds. The largest absolute Gasteiger partial charge is 0.493 e. The Morgan fingerprint density at radius 3 is 2.30 bits per heavy atom. The van der Waals surface area contributed by atoms with Crippen LogP contribution in [0, 0.1) is 0 Å². The molecule has 0 saturated carbocycles. The van der Waals surface area contributed by atoms with Crippen LogP contribution in [0.5, 0.6) is 11.5 Å². The van der Waals surface area contributed by atoms with Gasteiger partial charge in [-0.15, -0.1) is 0 Å². The third-order valence-corrected chi connectivity index (χ3v) is 5.44. The van der Waals surface area contributed by atoms with Crippen LogP contribution in [0.25, 0.3) is 6.08 Å². The fourth-order valence-electron chi connectivity index (χ4n) is 3.35. The monoisotopic (exact) mass is 464 g/mol. The molecule has 0 heterocycles. The van der Waals surface area contributed by atoms with Crippen molar-refractivity contribution in [2.45, 2.75) is 20.5 Å². The molecule has 6 heteroatoms. The van der Waals surface area contributed by atoms with Gasteiger partial charge in [0.05, 0.1) is 7.11 Å². The number of halogens is 1. The Hall–Kier alpha value is -3.44. The Bertz CT molecular complexity index is 1080. The van der Waals surface area contributed by atoms with Crippen molar-refractivity contribution in [1.29, 1.82) is 0 Å². The van der Waals surface area contributed by atoms with E-state index in [9.17, 15) is 4.79 Å². The number of ether oxygens (including phenoxy) is 2. The molecule has 5 nitrogen and oxygen atoms in total. The summed E-state index contributed by atoms with van der Waals surface area (Å²) in [5, 5.41) is 3.58. The number of amides is 1. The Kier molecular flexibility index (Phi) is 8.79. The first-order valence-electron chi connectivity index (χ1n) is 10.9. The number of rotatable bonds is 10. The van der Waals surface area contributed by atoms with Crippen LogP contribution in [0.1, 0.15) is 25.0 Å². The van der Waals surface area contributed by atoms with E-state index < -0.39 is 0 Å². The average Bonchev–Trinajstić information content (AvgIpc) is 2.84. The summed E-state index contributed by atoms with van der Waals surface area (Å²) in [6, 6.07) is 20.9. The zero-order valence-corrected chi connectivity index (χ0v) is 19.9. The van der Waals surface area contributed by atoms with E-state index in [-0.39, 0.29) is 5.91 Å². The van der Waals surface area contributed by atoms with Crippen molar-refractivity contribution in [3.05, 3.63) is 89.0 Å². The van der Waals surface area contributed by atoms with Crippen LogP contribution in [0.2, 0.25) is 5.02 Å². The number of benzene rings is 3. The van der Waals surface area contributed by atoms with E-state index in [4.69, 9.17) is 21.1 Å². The lowest BCUT2D eigenvalue weighted by atomic mass is 10.2. The highest BCUT2D eigenvalue weighted by molar-refractivity contribution is 6.30. The van der Waals surface area contributed by atoms with Gasteiger partial charge in [0.15, 0.2) is 11.5 Å². The second-order valence-electron chi connectivity index (χ2n) is 7.37. The van der Waals surface area contributed by atoms with Gasteiger partial charge in [0.1, 0.15) is 6.61 Å². The second kappa shape index (κ2) is 12.0. The molecule has 33 heavy (non-hydrogen) atoms. The highest BCUT2D eigenvalue weighted by Gasteiger charge is 2.07. The SMILES string of the molecule is CCN(CC)c1ccc(NC(=O)C=Cc2ccc(OCc3ccc(Cl)cc3)c(OC)c2)cc1. The Morgan fingerprint density at radius 2 is 1.67 bits per heavy atom. The van der Waals surface area contributed by atoms with Crippen LogP contribution < -0.4 is 19.7 Å². The van der Waals surface area contributed by atoms with Crippen molar-refractivity contribution in [3.8, 4) is 11.5 Å². The van der Waals surface area contributed by atoms with Gasteiger partial charge >= 0.3 is 0 Å². The third kappa shape index (κ3) is 7.02. The van der Waals surface area contributed by atoms with Crippen LogP contribution >= 0.6 is 11.6 Å². The maximum atomic E-state index is 12.3. The Morgan fingerprint density at radius 1 is 0.970 bits per heavy atom. The van der Waals surface area contributed by atoms with E-state index in [2.05, 4.69) is 24.1 Å². The van der Waals surface area contributed by atoms with Crippen molar-refractivity contribution >= 4 is 35.0 Å². The molecular weight excluding hydrogens is 436 g/mol. The molecular formula is C27H29ClN2O3. The lowest BCUT2D eigenvalue weighted by Crippen LogP contribution is -2.21. The summed E-state index contributed by atoms with van der Waals surface area (Å²) >= 11 is 5.92. The van der Waals surface area contributed by atoms with Crippen LogP contribution in [0.15, 0.2) is 72.8 Å². The van der Waals surface area contributed by atoms with Crippen molar-refractivity contribution < 1.29 is 14.3 Å². The number of anilines is 2. The Labute approximate surface area is 200 Å². The number of methoxy groups -OCH3 is 1. The Balaban J connectivity index is 1.59. The first-order valence-corrected chi connectivity index (χ1v) is 11.3. The van der Waals surface area contributed by atoms with E-state index in [1.807, 2.05) is 66.7 Å². The molecule has 0 atom stereocenters. The molecule has 3 aromatic rings. The van der Waals surface area contributed by atoms with E-state index in [0.717, 1.165) is 35.6 Å². The summed E-state index contributed by atoms with van der Waals surface area (Å²) in [6.07, 6.45) is 3.24. The molecule has 1 N–H and O–H groups in total. The van der Waals surface area contributed by atoms with Gasteiger partial charge in [0.25, 0.3) is 0 Å². The maximum Gasteiger partial charge on any atom is 0.248 e. The highest BCUT2D eigenvalue weighted by atomic mass is 35.5. The number of carbonyl (C=O) groups is 1. The molecule has 3 aromatic carbocycles. The van der Waals surface area contributed by atoms with Gasteiger partial charge in [0.2, 0.25) is 5.91 Å². The molecule has 0 fully saturated rings. The highest BCUT2D eigenvalue weighted by Crippen LogP contribution is 2.29. The second-order valence-corrected chi connectivity index (χ2v) is 7.80. The molecule has 0 aromatic heterocycles. The van der Waals surface area contributed by atoms with E-state index in [1.165, 1.54) is 6.08 Å². The molecule has 0 unspecified atom stereocenters. The molecule has 0 aliphatic heterocycles. The number of nitrogens with one attached hydrogen (secondary N) is 1. The van der Waals surface area contributed by atoms with E-state index >= 15 is 0 Å². The minimum atomic E-state index is -0.201. The topological polar surface area (TPSA) is 50.8 Å². The fraction of sp³-hybridized carbons (Fsp3) is 0.222. The van der Waals surface area contributed by atoms with Gasteiger partial charge < -0.3 is 19.7 Å². The van der Waals surface area contributed by atoms with Gasteiger partial charge in [-0.2, -0.15) is 0 Å². The van der Waals surface area contributed by atoms with Gasteiger partial charge in [-0.1, -0.05) is 29.8 Å². The first kappa shape index (κ1) is 24.2. The molecule has 0 spiro atoms. The van der Waals surface area contributed by atoms with Gasteiger partial charge in [-0.3, -0.25) is 4.79 Å². The first-order chi connectivity index (χ1) is 16.0. The number of hydrogen-bond acceptors (Lipinski definition) is 4. The van der Waals surface area contributed by atoms with Gasteiger partial charge in [-0.05, 0) is 79.6 Å². The average molecular weight is 465 g/mol. The molecule has 0 bridgehead atoms. The summed E-state index contributed by atoms with van der Waals surface area (Å²) in [5.41, 5.74) is 3.73. The number of nitrogens with zero attached hydrogens (tertiary/aromatic N) is 1. The third-order valence-electron chi connectivity index (χ3n) is 5.19. The summed E-state index contributed by atoms with van der Waals surface area (Å²) in [4.78, 5) is 14.6. The zero-order valence-electron chi connectivity index (χ0n) is 19.2. The van der Waals surface area contributed by atoms with Crippen molar-refractivity contribution in [2.75, 3.05) is 30.4 Å². The predicted molar refractivity (Wildman–Crippen MR) is 136 cm³/mol. The lowest BCUT2D eigenvalue weighted by molar-refractivity contribution is -0.111. The summed E-state index contributed by atoms with van der Waals surface area (Å²) in [6.45, 7) is 6.53. The fourth-order valence-corrected chi connectivity index (χ4v) is 3.47. The van der Waals surface area contributed by atoms with Gasteiger partial charge in [-0.25, -0.2) is 0 Å². The standard InChI is InChI=1S/C27H29ClN2O3/c1-4-30(5-2)24-14-12-23(13-15-24)29-27(31)17-9-20-8-16-25(26(18-20)32-3)33-19-21-6-10-22(28)11-7-21/h6-18H,4-5,19H2,1-3H3,(H,29,31). The number of carbonyl (C=O) groups excluding carboxylic acids is 1. The summed E-state index contributed by atoms with van der Waals surface area (Å²) < 4.78 is 11.3. The van der Waals surface area contributed by atoms with Crippen LogP contribution in [0.4, 0.5) is 11.4 Å². The smallest absolute Gasteiger partial charge is 0.248 e.